The van der Waals surface area contributed by atoms with E-state index in [2.05, 4.69) is 0 Å². The lowest BCUT2D eigenvalue weighted by atomic mass is 10.1. The fourth-order valence-corrected chi connectivity index (χ4v) is 3.81. The number of hydrogen-bond acceptors (Lipinski definition) is 6. The van der Waals surface area contributed by atoms with Gasteiger partial charge in [0.05, 0.1) is 22.3 Å². The summed E-state index contributed by atoms with van der Waals surface area (Å²) in [6, 6.07) is 19.2. The van der Waals surface area contributed by atoms with E-state index in [4.69, 9.17) is 21.3 Å². The Balaban J connectivity index is 1.39. The van der Waals surface area contributed by atoms with Crippen molar-refractivity contribution in [2.45, 2.75) is 6.10 Å². The third kappa shape index (κ3) is 3.60. The zero-order chi connectivity index (χ0) is 23.1. The fourth-order valence-electron chi connectivity index (χ4n) is 3.68. The lowest BCUT2D eigenvalue weighted by Crippen LogP contribution is -2.36. The first-order valence-electron chi connectivity index (χ1n) is 9.96. The molecule has 2 aliphatic heterocycles. The van der Waals surface area contributed by atoms with Gasteiger partial charge >= 0.3 is 0 Å². The Morgan fingerprint density at radius 3 is 1.52 bits per heavy atom. The van der Waals surface area contributed by atoms with E-state index in [0.717, 1.165) is 0 Å². The number of carbonyl (C=O) groups is 4. The second-order valence-electron chi connectivity index (χ2n) is 7.34. The highest BCUT2D eigenvalue weighted by Crippen LogP contribution is 2.30. The normalized spacial score (nSPS) is 15.8. The molecule has 0 N–H and O–H groups in total. The highest BCUT2D eigenvalue weighted by Gasteiger charge is 2.40. The monoisotopic (exact) mass is 462 g/mol. The summed E-state index contributed by atoms with van der Waals surface area (Å²) in [5.74, 6) is -2.44. The summed E-state index contributed by atoms with van der Waals surface area (Å²) >= 11 is 5.98. The van der Waals surface area contributed by atoms with E-state index in [1.165, 1.54) is 24.3 Å². The number of amides is 4. The third-order valence-electron chi connectivity index (χ3n) is 5.34. The van der Waals surface area contributed by atoms with Gasteiger partial charge in [0.15, 0.2) is 0 Å². The van der Waals surface area contributed by atoms with Crippen molar-refractivity contribution in [2.75, 3.05) is 6.61 Å². The van der Waals surface area contributed by atoms with E-state index in [1.807, 2.05) is 0 Å². The van der Waals surface area contributed by atoms with Crippen molar-refractivity contribution >= 4 is 35.2 Å². The Morgan fingerprint density at radius 1 is 0.636 bits per heavy atom. The minimum atomic E-state index is -1.01. The first kappa shape index (κ1) is 21.0. The molecule has 3 aromatic carbocycles. The summed E-state index contributed by atoms with van der Waals surface area (Å²) < 4.78 is 0. The zero-order valence-corrected chi connectivity index (χ0v) is 17.7. The molecular weight excluding hydrogens is 448 g/mol. The maximum absolute atomic E-state index is 12.7. The third-order valence-corrected chi connectivity index (χ3v) is 5.60. The van der Waals surface area contributed by atoms with Gasteiger partial charge in [-0.25, -0.2) is 0 Å². The van der Waals surface area contributed by atoms with Crippen LogP contribution >= 0.6 is 11.6 Å². The summed E-state index contributed by atoms with van der Waals surface area (Å²) in [4.78, 5) is 62.0. The van der Waals surface area contributed by atoms with Crippen LogP contribution in [0.25, 0.3) is 0 Å². The van der Waals surface area contributed by atoms with Crippen molar-refractivity contribution in [1.29, 1.82) is 0 Å². The van der Waals surface area contributed by atoms with E-state index in [9.17, 15) is 19.2 Å². The SMILES string of the molecule is O=C1c2ccccc2C(=O)N1OCC(ON1C(=O)c2ccccc2C1=O)c1ccc(Cl)cc1. The molecule has 3 aromatic rings. The minimum Gasteiger partial charge on any atom is -0.266 e. The topological polar surface area (TPSA) is 93.2 Å². The fraction of sp³-hybridized carbons (Fsp3) is 0.0833. The zero-order valence-electron chi connectivity index (χ0n) is 16.9. The molecule has 2 heterocycles. The Labute approximate surface area is 192 Å². The molecule has 1 unspecified atom stereocenters. The van der Waals surface area contributed by atoms with Crippen molar-refractivity contribution in [3.63, 3.8) is 0 Å². The van der Waals surface area contributed by atoms with Crippen LogP contribution in [0.1, 0.15) is 53.1 Å². The molecule has 9 heteroatoms. The molecule has 0 aliphatic carbocycles. The van der Waals surface area contributed by atoms with Crippen LogP contribution in [0.5, 0.6) is 0 Å². The maximum atomic E-state index is 12.7. The first-order valence-corrected chi connectivity index (χ1v) is 10.3. The molecular formula is C24H15ClN2O6. The molecule has 0 saturated carbocycles. The number of carbonyl (C=O) groups excluding carboxylic acids is 4. The van der Waals surface area contributed by atoms with Gasteiger partial charge in [-0.05, 0) is 42.0 Å². The molecule has 4 amide bonds. The molecule has 2 aliphatic rings. The van der Waals surface area contributed by atoms with Crippen LogP contribution < -0.4 is 0 Å². The van der Waals surface area contributed by atoms with Crippen molar-refractivity contribution in [1.82, 2.24) is 10.1 Å². The molecule has 1 atom stereocenters. The summed E-state index contributed by atoms with van der Waals surface area (Å²) in [6.45, 7) is -0.333. The second kappa shape index (κ2) is 8.25. The number of hydrogen-bond donors (Lipinski definition) is 0. The van der Waals surface area contributed by atoms with Crippen LogP contribution in [0.4, 0.5) is 0 Å². The summed E-state index contributed by atoms with van der Waals surface area (Å²) in [5, 5.41) is 1.79. The number of fused-ring (bicyclic) bond motifs is 2. The van der Waals surface area contributed by atoms with Gasteiger partial charge < -0.3 is 0 Å². The molecule has 164 valence electrons. The van der Waals surface area contributed by atoms with E-state index in [0.29, 0.717) is 20.7 Å². The molecule has 0 aromatic heterocycles. The van der Waals surface area contributed by atoms with Gasteiger partial charge in [0, 0.05) is 5.02 Å². The van der Waals surface area contributed by atoms with Gasteiger partial charge in [-0.2, -0.15) is 0 Å². The number of nitrogens with zero attached hydrogens (tertiary/aromatic N) is 2. The molecule has 0 fully saturated rings. The van der Waals surface area contributed by atoms with Gasteiger partial charge in [-0.1, -0.05) is 48.0 Å². The van der Waals surface area contributed by atoms with Crippen molar-refractivity contribution in [2.24, 2.45) is 0 Å². The average Bonchev–Trinajstić information content (AvgIpc) is 3.22. The standard InChI is InChI=1S/C24H15ClN2O6/c25-15-11-9-14(10-12-15)20(33-27-23(30)18-7-3-4-8-19(18)24(27)31)13-32-26-21(28)16-5-1-2-6-17(16)22(26)29/h1-12,20H,13H2. The van der Waals surface area contributed by atoms with Crippen LogP contribution in [0.15, 0.2) is 72.8 Å². The van der Waals surface area contributed by atoms with Gasteiger partial charge in [0.1, 0.15) is 12.7 Å². The van der Waals surface area contributed by atoms with Crippen molar-refractivity contribution in [3.8, 4) is 0 Å². The van der Waals surface area contributed by atoms with Crippen molar-refractivity contribution < 1.29 is 28.9 Å². The van der Waals surface area contributed by atoms with Gasteiger partial charge in [-0.3, -0.25) is 28.9 Å². The van der Waals surface area contributed by atoms with E-state index in [-0.39, 0.29) is 28.9 Å². The Hall–Kier alpha value is -3.85. The number of rotatable bonds is 6. The molecule has 33 heavy (non-hydrogen) atoms. The van der Waals surface area contributed by atoms with E-state index < -0.39 is 29.7 Å². The highest BCUT2D eigenvalue weighted by atomic mass is 35.5. The van der Waals surface area contributed by atoms with Gasteiger partial charge in [0.25, 0.3) is 23.6 Å². The summed E-state index contributed by atoms with van der Waals surface area (Å²) in [6.07, 6.45) is -1.01. The first-order chi connectivity index (χ1) is 16.0. The van der Waals surface area contributed by atoms with Crippen LogP contribution in [0.2, 0.25) is 5.02 Å². The number of imide groups is 2. The Bertz CT molecular complexity index is 1240. The number of hydroxylamine groups is 4. The predicted molar refractivity (Wildman–Crippen MR) is 115 cm³/mol. The quantitative estimate of drug-likeness (QED) is 0.517. The minimum absolute atomic E-state index is 0.221. The van der Waals surface area contributed by atoms with Crippen LogP contribution in [0.3, 0.4) is 0 Å². The second-order valence-corrected chi connectivity index (χ2v) is 7.78. The molecule has 0 saturated heterocycles. The molecule has 5 rings (SSSR count). The molecule has 0 spiro atoms. The summed E-state index contributed by atoms with van der Waals surface area (Å²) in [5.41, 5.74) is 1.42. The lowest BCUT2D eigenvalue weighted by Gasteiger charge is -2.24. The number of halogens is 1. The maximum Gasteiger partial charge on any atom is 0.285 e. The average molecular weight is 463 g/mol. The van der Waals surface area contributed by atoms with Crippen LogP contribution in [-0.4, -0.2) is 40.4 Å². The molecule has 0 radical (unpaired) electrons. The Kier molecular flexibility index (Phi) is 5.26. The van der Waals surface area contributed by atoms with Crippen LogP contribution in [0, 0.1) is 0 Å². The predicted octanol–water partition coefficient (Wildman–Crippen LogP) is 3.84. The lowest BCUT2D eigenvalue weighted by molar-refractivity contribution is -0.184. The van der Waals surface area contributed by atoms with Crippen molar-refractivity contribution in [3.05, 3.63) is 106 Å². The smallest absolute Gasteiger partial charge is 0.266 e. The highest BCUT2D eigenvalue weighted by molar-refractivity contribution is 6.30. The summed E-state index contributed by atoms with van der Waals surface area (Å²) in [7, 11) is 0. The van der Waals surface area contributed by atoms with Gasteiger partial charge in [0.2, 0.25) is 0 Å². The van der Waals surface area contributed by atoms with Gasteiger partial charge in [-0.15, -0.1) is 10.1 Å². The van der Waals surface area contributed by atoms with Crippen LogP contribution in [-0.2, 0) is 9.68 Å². The van der Waals surface area contributed by atoms with E-state index >= 15 is 0 Å². The molecule has 8 nitrogen and oxygen atoms in total. The largest absolute Gasteiger partial charge is 0.285 e. The Morgan fingerprint density at radius 2 is 1.06 bits per heavy atom. The number of benzene rings is 3. The molecule has 0 bridgehead atoms. The van der Waals surface area contributed by atoms with E-state index in [1.54, 1.807) is 48.5 Å².